The lowest BCUT2D eigenvalue weighted by atomic mass is 10.2. The molecule has 0 N–H and O–H groups in total. The summed E-state index contributed by atoms with van der Waals surface area (Å²) in [5.74, 6) is 0. The van der Waals surface area contributed by atoms with Gasteiger partial charge < -0.3 is 9.47 Å². The van der Waals surface area contributed by atoms with Crippen molar-refractivity contribution in [1.82, 2.24) is 9.47 Å². The van der Waals surface area contributed by atoms with E-state index in [0.29, 0.717) is 0 Å². The minimum absolute atomic E-state index is 1.05. The quantitative estimate of drug-likeness (QED) is 0.740. The fourth-order valence-electron chi connectivity index (χ4n) is 1.89. The lowest BCUT2D eigenvalue weighted by Gasteiger charge is -2.12. The van der Waals surface area contributed by atoms with Crippen LogP contribution in [-0.4, -0.2) is 30.1 Å². The molecule has 0 spiro atoms. The Morgan fingerprint density at radius 2 is 2.20 bits per heavy atom. The molecule has 0 saturated carbocycles. The molecule has 0 aliphatic heterocycles. The normalized spacial score (nSPS) is 11.5. The molecule has 0 aliphatic rings. The van der Waals surface area contributed by atoms with Crippen molar-refractivity contribution in [2.45, 2.75) is 13.5 Å². The van der Waals surface area contributed by atoms with Gasteiger partial charge in [-0.1, -0.05) is 6.07 Å². The maximum absolute atomic E-state index is 3.12. The summed E-state index contributed by atoms with van der Waals surface area (Å²) in [5.41, 5.74) is 2.64. The number of aromatic nitrogens is 1. The minimum Gasteiger partial charge on any atom is -0.344 e. The Kier molecular flexibility index (Phi) is 2.78. The molecule has 15 heavy (non-hydrogen) atoms. The van der Waals surface area contributed by atoms with Crippen LogP contribution in [0.3, 0.4) is 0 Å². The van der Waals surface area contributed by atoms with Crippen LogP contribution >= 0.6 is 0 Å². The van der Waals surface area contributed by atoms with Gasteiger partial charge in [0.15, 0.2) is 0 Å². The van der Waals surface area contributed by atoms with E-state index in [2.05, 4.69) is 54.8 Å². The number of rotatable bonds is 3. The first kappa shape index (κ1) is 10.2. The topological polar surface area (TPSA) is 8.17 Å². The van der Waals surface area contributed by atoms with Gasteiger partial charge in [0.25, 0.3) is 0 Å². The third-order valence-corrected chi connectivity index (χ3v) is 2.72. The van der Waals surface area contributed by atoms with Gasteiger partial charge in [-0.3, -0.25) is 0 Å². The van der Waals surface area contributed by atoms with E-state index in [1.54, 1.807) is 0 Å². The van der Waals surface area contributed by atoms with E-state index in [9.17, 15) is 0 Å². The summed E-state index contributed by atoms with van der Waals surface area (Å²) in [4.78, 5) is 2.21. The van der Waals surface area contributed by atoms with Crippen molar-refractivity contribution in [3.8, 4) is 0 Å². The Labute approximate surface area is 91.1 Å². The number of benzene rings is 1. The summed E-state index contributed by atoms with van der Waals surface area (Å²) < 4.78 is 2.36. The van der Waals surface area contributed by atoms with Gasteiger partial charge in [-0.05, 0) is 45.3 Å². The Hall–Kier alpha value is -1.28. The summed E-state index contributed by atoms with van der Waals surface area (Å²) in [6, 6.07) is 11.5. The highest BCUT2D eigenvalue weighted by Gasteiger charge is 2.04. The maximum atomic E-state index is 3.12. The summed E-state index contributed by atoms with van der Waals surface area (Å²) in [6.45, 7) is 4.28. The van der Waals surface area contributed by atoms with Crippen molar-refractivity contribution in [3.05, 3.63) is 36.0 Å². The van der Waals surface area contributed by atoms with Crippen LogP contribution in [0.2, 0.25) is 0 Å². The van der Waals surface area contributed by atoms with Crippen molar-refractivity contribution < 1.29 is 0 Å². The van der Waals surface area contributed by atoms with Gasteiger partial charge >= 0.3 is 0 Å². The van der Waals surface area contributed by atoms with Gasteiger partial charge in [0.1, 0.15) is 0 Å². The van der Waals surface area contributed by atoms with Crippen molar-refractivity contribution in [2.24, 2.45) is 0 Å². The first-order valence-electron chi connectivity index (χ1n) is 5.29. The van der Waals surface area contributed by atoms with Crippen molar-refractivity contribution in [3.63, 3.8) is 0 Å². The Bertz CT molecular complexity index is 455. The molecule has 2 nitrogen and oxygen atoms in total. The molecule has 2 heteroatoms. The fourth-order valence-corrected chi connectivity index (χ4v) is 1.89. The van der Waals surface area contributed by atoms with Crippen LogP contribution in [0.25, 0.3) is 10.9 Å². The smallest absolute Gasteiger partial charge is 0.0483 e. The Balaban J connectivity index is 2.36. The van der Waals surface area contributed by atoms with E-state index in [0.717, 1.165) is 13.1 Å². The molecule has 0 bridgehead atoms. The second-order valence-electron chi connectivity index (χ2n) is 4.23. The molecule has 2 rings (SSSR count). The monoisotopic (exact) mass is 201 g/mol. The zero-order valence-corrected chi connectivity index (χ0v) is 9.62. The van der Waals surface area contributed by atoms with Gasteiger partial charge in [-0.25, -0.2) is 0 Å². The summed E-state index contributed by atoms with van der Waals surface area (Å²) >= 11 is 0. The highest BCUT2D eigenvalue weighted by Crippen LogP contribution is 2.18. The van der Waals surface area contributed by atoms with Crippen LogP contribution in [0.15, 0.2) is 24.3 Å². The van der Waals surface area contributed by atoms with Crippen molar-refractivity contribution in [1.29, 1.82) is 0 Å². The third-order valence-electron chi connectivity index (χ3n) is 2.72. The standard InChI is InChI=1S/C13H17N2/c1-11-10-12-6-4-5-7-13(12)15(11)9-8-14(2)3/h5-7,10H,8-9H2,1-3H3. The van der Waals surface area contributed by atoms with Crippen LogP contribution < -0.4 is 0 Å². The molecule has 0 saturated heterocycles. The zero-order chi connectivity index (χ0) is 10.8. The average Bonchev–Trinajstić information content (AvgIpc) is 2.50. The summed E-state index contributed by atoms with van der Waals surface area (Å²) in [7, 11) is 4.21. The average molecular weight is 201 g/mol. The van der Waals surface area contributed by atoms with E-state index in [4.69, 9.17) is 0 Å². The van der Waals surface area contributed by atoms with Crippen molar-refractivity contribution in [2.75, 3.05) is 20.6 Å². The minimum atomic E-state index is 1.05. The number of hydrogen-bond donors (Lipinski definition) is 0. The molecule has 0 atom stereocenters. The highest BCUT2D eigenvalue weighted by atomic mass is 15.1. The highest BCUT2D eigenvalue weighted by molar-refractivity contribution is 5.81. The third kappa shape index (κ3) is 2.05. The second kappa shape index (κ2) is 4.07. The van der Waals surface area contributed by atoms with Crippen molar-refractivity contribution >= 4 is 10.9 Å². The SMILES string of the molecule is Cc1cc2c[c]ccc2n1CCN(C)C. The van der Waals surface area contributed by atoms with Gasteiger partial charge in [-0.2, -0.15) is 0 Å². The molecule has 0 amide bonds. The zero-order valence-electron chi connectivity index (χ0n) is 9.62. The van der Waals surface area contributed by atoms with Gasteiger partial charge in [-0.15, -0.1) is 0 Å². The van der Waals surface area contributed by atoms with Gasteiger partial charge in [0.2, 0.25) is 0 Å². The Morgan fingerprint density at radius 1 is 1.40 bits per heavy atom. The van der Waals surface area contributed by atoms with E-state index in [1.165, 1.54) is 16.6 Å². The predicted molar refractivity (Wildman–Crippen MR) is 64.1 cm³/mol. The number of likely N-dealkylation sites (N-methyl/N-ethyl adjacent to an activating group) is 1. The summed E-state index contributed by atoms with van der Waals surface area (Å²) in [6.07, 6.45) is 0. The molecule has 1 aromatic heterocycles. The first-order chi connectivity index (χ1) is 7.18. The van der Waals surface area contributed by atoms with Crippen LogP contribution in [0.1, 0.15) is 5.69 Å². The fraction of sp³-hybridized carbons (Fsp3) is 0.385. The number of fused-ring (bicyclic) bond motifs is 1. The molecule has 1 radical (unpaired) electrons. The number of nitrogens with zero attached hydrogens (tertiary/aromatic N) is 2. The molecule has 1 heterocycles. The van der Waals surface area contributed by atoms with E-state index in [1.807, 2.05) is 6.07 Å². The van der Waals surface area contributed by atoms with Crippen LogP contribution in [0, 0.1) is 13.0 Å². The lowest BCUT2D eigenvalue weighted by molar-refractivity contribution is 0.385. The van der Waals surface area contributed by atoms with Gasteiger partial charge in [0.05, 0.1) is 0 Å². The summed E-state index contributed by atoms with van der Waals surface area (Å²) in [5, 5.41) is 1.29. The molecule has 0 unspecified atom stereocenters. The number of aryl methyl sites for hydroxylation is 1. The second-order valence-corrected chi connectivity index (χ2v) is 4.23. The number of hydrogen-bond acceptors (Lipinski definition) is 1. The maximum Gasteiger partial charge on any atom is 0.0483 e. The molecule has 79 valence electrons. The molecular weight excluding hydrogens is 184 g/mol. The first-order valence-corrected chi connectivity index (χ1v) is 5.29. The molecular formula is C13H17N2. The lowest BCUT2D eigenvalue weighted by Crippen LogP contribution is -2.18. The van der Waals surface area contributed by atoms with E-state index < -0.39 is 0 Å². The van der Waals surface area contributed by atoms with E-state index in [-0.39, 0.29) is 0 Å². The molecule has 2 aromatic rings. The molecule has 0 aliphatic carbocycles. The predicted octanol–water partition coefficient (Wildman–Crippen LogP) is 2.31. The molecule has 0 fully saturated rings. The van der Waals surface area contributed by atoms with Gasteiger partial charge in [0, 0.05) is 29.7 Å². The molecule has 1 aromatic carbocycles. The van der Waals surface area contributed by atoms with Crippen LogP contribution in [0.5, 0.6) is 0 Å². The van der Waals surface area contributed by atoms with Crippen LogP contribution in [0.4, 0.5) is 0 Å². The Morgan fingerprint density at radius 3 is 2.93 bits per heavy atom. The largest absolute Gasteiger partial charge is 0.344 e. The van der Waals surface area contributed by atoms with Crippen LogP contribution in [-0.2, 0) is 6.54 Å². The van der Waals surface area contributed by atoms with E-state index >= 15 is 0 Å².